The van der Waals surface area contributed by atoms with Crippen LogP contribution in [0.25, 0.3) is 0 Å². The van der Waals surface area contributed by atoms with Crippen LogP contribution in [-0.2, 0) is 9.94 Å². The maximum absolute atomic E-state index is 11.3. The normalized spacial score (nSPS) is 10.2. The molecule has 6 nitrogen and oxygen atoms in total. The smallest absolute Gasteiger partial charge is 0.273 e. The molecule has 1 aromatic heterocycles. The Morgan fingerprint density at radius 1 is 1.53 bits per heavy atom. The monoisotopic (exact) mass is 275 g/mol. The minimum absolute atomic E-state index is 0.122. The van der Waals surface area contributed by atoms with E-state index in [2.05, 4.69) is 9.97 Å². The van der Waals surface area contributed by atoms with Crippen molar-refractivity contribution >= 4 is 34.2 Å². The highest BCUT2D eigenvalue weighted by molar-refractivity contribution is 8.36. The zero-order valence-electron chi connectivity index (χ0n) is 9.50. The predicted molar refractivity (Wildman–Crippen MR) is 68.9 cm³/mol. The van der Waals surface area contributed by atoms with E-state index < -0.39 is 0 Å². The van der Waals surface area contributed by atoms with E-state index >= 15 is 0 Å². The first-order chi connectivity index (χ1) is 8.15. The summed E-state index contributed by atoms with van der Waals surface area (Å²) in [6.45, 7) is 2.31. The molecule has 94 valence electrons. The van der Waals surface area contributed by atoms with Crippen molar-refractivity contribution in [2.45, 2.75) is 12.7 Å². The Labute approximate surface area is 108 Å². The molecule has 0 aliphatic rings. The van der Waals surface area contributed by atoms with Crippen molar-refractivity contribution < 1.29 is 13.7 Å². The Bertz CT molecular complexity index is 390. The molecule has 0 atom stereocenters. The minimum Gasteiger partial charge on any atom is -0.481 e. The van der Waals surface area contributed by atoms with Crippen molar-refractivity contribution in [2.75, 3.05) is 19.5 Å². The molecule has 0 aromatic carbocycles. The molecule has 0 aliphatic carbocycles. The summed E-state index contributed by atoms with van der Waals surface area (Å²) in [5.74, 6) is 0.921. The SMILES string of the molecule is CCOSC(=O)SCc1cc(OC)nc(N)n1. The molecule has 2 N–H and O–H groups in total. The van der Waals surface area contributed by atoms with Gasteiger partial charge in [0.05, 0.1) is 31.5 Å². The number of nitrogens with zero attached hydrogens (tertiary/aromatic N) is 2. The molecular formula is C9H13N3O3S2. The van der Waals surface area contributed by atoms with Crippen molar-refractivity contribution in [3.63, 3.8) is 0 Å². The van der Waals surface area contributed by atoms with Crippen LogP contribution >= 0.6 is 23.8 Å². The molecule has 17 heavy (non-hydrogen) atoms. The second-order valence-electron chi connectivity index (χ2n) is 2.79. The molecule has 0 saturated heterocycles. The van der Waals surface area contributed by atoms with Gasteiger partial charge in [-0.15, -0.1) is 0 Å². The molecule has 0 bridgehead atoms. The van der Waals surface area contributed by atoms with Crippen LogP contribution in [0.15, 0.2) is 6.07 Å². The van der Waals surface area contributed by atoms with Crippen molar-refractivity contribution in [3.8, 4) is 5.88 Å². The van der Waals surface area contributed by atoms with Crippen LogP contribution < -0.4 is 10.5 Å². The first-order valence-corrected chi connectivity index (χ1v) is 6.52. The average Bonchev–Trinajstić information content (AvgIpc) is 2.33. The first-order valence-electron chi connectivity index (χ1n) is 4.79. The third kappa shape index (κ3) is 5.24. The molecule has 8 heteroatoms. The summed E-state index contributed by atoms with van der Waals surface area (Å²) in [7, 11) is 1.49. The average molecular weight is 275 g/mol. The molecule has 0 unspecified atom stereocenters. The summed E-state index contributed by atoms with van der Waals surface area (Å²) < 4.78 is 9.75. The molecule has 0 aliphatic heterocycles. The molecule has 0 spiro atoms. The molecule has 0 saturated carbocycles. The fourth-order valence-electron chi connectivity index (χ4n) is 0.935. The molecule has 1 rings (SSSR count). The lowest BCUT2D eigenvalue weighted by Crippen LogP contribution is -2.01. The van der Waals surface area contributed by atoms with E-state index in [9.17, 15) is 4.79 Å². The summed E-state index contributed by atoms with van der Waals surface area (Å²) in [4.78, 5) is 19.2. The van der Waals surface area contributed by atoms with Crippen LogP contribution in [0.5, 0.6) is 5.88 Å². The number of nitrogen functional groups attached to an aromatic ring is 1. The van der Waals surface area contributed by atoms with Gasteiger partial charge in [0.1, 0.15) is 0 Å². The number of ether oxygens (including phenoxy) is 1. The molecule has 0 radical (unpaired) electrons. The Morgan fingerprint density at radius 3 is 2.94 bits per heavy atom. The van der Waals surface area contributed by atoms with Crippen LogP contribution in [0.2, 0.25) is 0 Å². The highest BCUT2D eigenvalue weighted by Crippen LogP contribution is 2.22. The molecule has 1 heterocycles. The number of anilines is 1. The van der Waals surface area contributed by atoms with Crippen molar-refractivity contribution in [1.82, 2.24) is 9.97 Å². The summed E-state index contributed by atoms with van der Waals surface area (Å²) in [5, 5.41) is 0. The maximum Gasteiger partial charge on any atom is 0.273 e. The van der Waals surface area contributed by atoms with Crippen LogP contribution in [-0.4, -0.2) is 28.1 Å². The van der Waals surface area contributed by atoms with Crippen molar-refractivity contribution in [2.24, 2.45) is 0 Å². The lowest BCUT2D eigenvalue weighted by molar-refractivity contribution is 0.274. The zero-order chi connectivity index (χ0) is 12.7. The largest absolute Gasteiger partial charge is 0.481 e. The minimum atomic E-state index is -0.122. The van der Waals surface area contributed by atoms with Gasteiger partial charge in [-0.2, -0.15) is 4.98 Å². The van der Waals surface area contributed by atoms with Gasteiger partial charge in [-0.3, -0.25) is 4.79 Å². The topological polar surface area (TPSA) is 87.3 Å². The number of aromatic nitrogens is 2. The van der Waals surface area contributed by atoms with Crippen LogP contribution in [0, 0.1) is 0 Å². The fourth-order valence-corrected chi connectivity index (χ4v) is 2.08. The van der Waals surface area contributed by atoms with Crippen molar-refractivity contribution in [1.29, 1.82) is 0 Å². The van der Waals surface area contributed by atoms with E-state index in [0.717, 1.165) is 23.8 Å². The highest BCUT2D eigenvalue weighted by Gasteiger charge is 2.08. The summed E-state index contributed by atoms with van der Waals surface area (Å²) >= 11 is 1.92. The van der Waals surface area contributed by atoms with E-state index in [1.807, 2.05) is 6.92 Å². The van der Waals surface area contributed by atoms with Crippen LogP contribution in [0.3, 0.4) is 0 Å². The fraction of sp³-hybridized carbons (Fsp3) is 0.444. The van der Waals surface area contributed by atoms with Gasteiger partial charge in [0, 0.05) is 11.8 Å². The molecule has 0 amide bonds. The number of carbonyl (C=O) groups excluding carboxylic acids is 1. The van der Waals surface area contributed by atoms with Gasteiger partial charge in [-0.05, 0) is 6.92 Å². The number of carbonyl (C=O) groups is 1. The van der Waals surface area contributed by atoms with Crippen molar-refractivity contribution in [3.05, 3.63) is 11.8 Å². The molecular weight excluding hydrogens is 262 g/mol. The van der Waals surface area contributed by atoms with E-state index in [4.69, 9.17) is 14.7 Å². The van der Waals surface area contributed by atoms with E-state index in [0.29, 0.717) is 23.9 Å². The Hall–Kier alpha value is -0.990. The predicted octanol–water partition coefficient (Wildman–Crippen LogP) is 2.11. The lowest BCUT2D eigenvalue weighted by Gasteiger charge is -2.03. The first kappa shape index (κ1) is 14.1. The summed E-state index contributed by atoms with van der Waals surface area (Å²) in [6.07, 6.45) is 0. The number of nitrogens with two attached hydrogens (primary N) is 1. The van der Waals surface area contributed by atoms with Gasteiger partial charge in [-0.1, -0.05) is 11.8 Å². The number of thioether (sulfide) groups is 1. The Balaban J connectivity index is 2.51. The van der Waals surface area contributed by atoms with Crippen LogP contribution in [0.4, 0.5) is 10.7 Å². The standard InChI is InChI=1S/C9H13N3O3S2/c1-3-15-17-9(13)16-5-6-4-7(14-2)12-8(10)11-6/h4H,3,5H2,1-2H3,(H2,10,11,12). The van der Waals surface area contributed by atoms with Gasteiger partial charge in [0.2, 0.25) is 11.8 Å². The third-order valence-corrected chi connectivity index (χ3v) is 3.29. The number of rotatable bonds is 5. The second kappa shape index (κ2) is 7.36. The third-order valence-electron chi connectivity index (χ3n) is 1.56. The van der Waals surface area contributed by atoms with Gasteiger partial charge >= 0.3 is 0 Å². The number of hydrogen-bond acceptors (Lipinski definition) is 8. The quantitative estimate of drug-likeness (QED) is 0.817. The van der Waals surface area contributed by atoms with E-state index in [-0.39, 0.29) is 10.4 Å². The van der Waals surface area contributed by atoms with Gasteiger partial charge in [0.15, 0.2) is 0 Å². The van der Waals surface area contributed by atoms with Gasteiger partial charge < -0.3 is 14.7 Å². The van der Waals surface area contributed by atoms with Crippen LogP contribution in [0.1, 0.15) is 12.6 Å². The number of hydrogen-bond donors (Lipinski definition) is 1. The van der Waals surface area contributed by atoms with Gasteiger partial charge in [-0.25, -0.2) is 4.98 Å². The molecule has 1 aromatic rings. The van der Waals surface area contributed by atoms with E-state index in [1.165, 1.54) is 7.11 Å². The Kier molecular flexibility index (Phi) is 6.09. The molecule has 0 fully saturated rings. The summed E-state index contributed by atoms with van der Waals surface area (Å²) in [6, 6.07) is 1.64. The second-order valence-corrected chi connectivity index (χ2v) is 4.77. The number of methoxy groups -OCH3 is 1. The lowest BCUT2D eigenvalue weighted by atomic mass is 10.4. The highest BCUT2D eigenvalue weighted by atomic mass is 32.2. The Morgan fingerprint density at radius 2 is 2.29 bits per heavy atom. The zero-order valence-corrected chi connectivity index (χ0v) is 11.1. The van der Waals surface area contributed by atoms with Gasteiger partial charge in [0.25, 0.3) is 4.45 Å². The van der Waals surface area contributed by atoms with E-state index in [1.54, 1.807) is 6.07 Å². The maximum atomic E-state index is 11.3. The summed E-state index contributed by atoms with van der Waals surface area (Å²) in [5.41, 5.74) is 6.14.